The molecule has 0 N–H and O–H groups in total. The normalized spacial score (nSPS) is 27.5. The van der Waals surface area contributed by atoms with Gasteiger partial charge in [-0.2, -0.15) is 0 Å². The number of carbonyl (C=O) groups is 1. The van der Waals surface area contributed by atoms with Crippen LogP contribution in [0.1, 0.15) is 19.4 Å². The zero-order chi connectivity index (χ0) is 13.3. The van der Waals surface area contributed by atoms with Crippen molar-refractivity contribution in [1.82, 2.24) is 0 Å². The van der Waals surface area contributed by atoms with Gasteiger partial charge >= 0.3 is 0 Å². The number of non-ortho nitro benzene ring substituents is 1. The molecule has 18 heavy (non-hydrogen) atoms. The minimum atomic E-state index is -1.04. The molecule has 6 heteroatoms. The summed E-state index contributed by atoms with van der Waals surface area (Å²) in [5.41, 5.74) is -0.407. The minimum absolute atomic E-state index is 0.0254. The van der Waals surface area contributed by atoms with Gasteiger partial charge in [-0.1, -0.05) is 0 Å². The van der Waals surface area contributed by atoms with E-state index in [2.05, 4.69) is 0 Å². The summed E-state index contributed by atoms with van der Waals surface area (Å²) in [6, 6.07) is 4.43. The second-order valence-electron chi connectivity index (χ2n) is 5.12. The smallest absolute Gasteiger partial charge is 0.269 e. The number of nitro groups is 1. The molecule has 0 aliphatic carbocycles. The van der Waals surface area contributed by atoms with Crippen molar-refractivity contribution in [2.45, 2.75) is 25.0 Å². The average molecular weight is 248 g/mol. The Morgan fingerprint density at radius 1 is 1.39 bits per heavy atom. The van der Waals surface area contributed by atoms with Crippen LogP contribution in [0.5, 0.6) is 0 Å². The molecule has 0 aromatic heterocycles. The lowest BCUT2D eigenvalue weighted by atomic mass is 9.89. The molecule has 3 rings (SSSR count). The highest BCUT2D eigenvalue weighted by Crippen LogP contribution is 2.62. The van der Waals surface area contributed by atoms with Crippen molar-refractivity contribution in [1.29, 1.82) is 0 Å². The minimum Gasteiger partial charge on any atom is -0.347 e. The summed E-state index contributed by atoms with van der Waals surface area (Å²) in [4.78, 5) is 24.1. The third-order valence-electron chi connectivity index (χ3n) is 3.75. The number of hydrogen-bond acceptors (Lipinski definition) is 4. The monoisotopic (exact) mass is 248 g/mol. The molecule has 1 aromatic carbocycles. The predicted octanol–water partition coefficient (Wildman–Crippen LogP) is 1.58. The third kappa shape index (κ3) is 1.04. The predicted molar refractivity (Wildman–Crippen MR) is 63.3 cm³/mol. The van der Waals surface area contributed by atoms with E-state index >= 15 is 0 Å². The van der Waals surface area contributed by atoms with Gasteiger partial charge < -0.3 is 9.64 Å². The van der Waals surface area contributed by atoms with Crippen molar-refractivity contribution in [2.75, 3.05) is 11.9 Å². The molecule has 1 atom stereocenters. The summed E-state index contributed by atoms with van der Waals surface area (Å²) in [5.74, 6) is -0.164. The Kier molecular flexibility index (Phi) is 1.79. The van der Waals surface area contributed by atoms with Gasteiger partial charge in [0.05, 0.1) is 10.6 Å². The number of amides is 1. The number of epoxide rings is 1. The van der Waals surface area contributed by atoms with Crippen LogP contribution in [-0.2, 0) is 15.1 Å². The first-order valence-corrected chi connectivity index (χ1v) is 5.58. The molecule has 0 bridgehead atoms. The molecule has 1 fully saturated rings. The number of nitrogens with zero attached hydrogens (tertiary/aromatic N) is 2. The van der Waals surface area contributed by atoms with Crippen LogP contribution < -0.4 is 4.90 Å². The topological polar surface area (TPSA) is 76.0 Å². The maximum Gasteiger partial charge on any atom is 0.269 e. The van der Waals surface area contributed by atoms with Crippen LogP contribution in [0.4, 0.5) is 11.4 Å². The van der Waals surface area contributed by atoms with E-state index in [4.69, 9.17) is 4.74 Å². The SMILES string of the molecule is CN1C(=O)C2(OC2(C)C)c2cc([N+](=O)[O-])ccc21. The highest BCUT2D eigenvalue weighted by atomic mass is 16.6. The lowest BCUT2D eigenvalue weighted by molar-refractivity contribution is -0.384. The molecule has 6 nitrogen and oxygen atoms in total. The second kappa shape index (κ2) is 2.89. The number of rotatable bonds is 1. The summed E-state index contributed by atoms with van der Waals surface area (Å²) in [6.07, 6.45) is 0. The van der Waals surface area contributed by atoms with Gasteiger partial charge in [-0.15, -0.1) is 0 Å². The molecule has 2 aliphatic heterocycles. The highest BCUT2D eigenvalue weighted by Gasteiger charge is 2.74. The van der Waals surface area contributed by atoms with Gasteiger partial charge in [-0.05, 0) is 19.9 Å². The standard InChI is InChI=1S/C12H12N2O4/c1-11(2)12(18-11)8-6-7(14(16)17)4-5-9(8)13(3)10(12)15/h4-6H,1-3H3. The molecule has 2 aliphatic rings. The molecule has 0 saturated carbocycles. The summed E-state index contributed by atoms with van der Waals surface area (Å²) in [7, 11) is 1.65. The summed E-state index contributed by atoms with van der Waals surface area (Å²) >= 11 is 0. The fourth-order valence-electron chi connectivity index (χ4n) is 2.71. The Morgan fingerprint density at radius 3 is 2.50 bits per heavy atom. The van der Waals surface area contributed by atoms with Gasteiger partial charge in [0, 0.05) is 24.7 Å². The number of ether oxygens (including phenoxy) is 1. The van der Waals surface area contributed by atoms with E-state index in [1.807, 2.05) is 13.8 Å². The van der Waals surface area contributed by atoms with Gasteiger partial charge in [0.25, 0.3) is 11.6 Å². The zero-order valence-corrected chi connectivity index (χ0v) is 10.3. The van der Waals surface area contributed by atoms with Crippen LogP contribution in [-0.4, -0.2) is 23.5 Å². The summed E-state index contributed by atoms with van der Waals surface area (Å²) in [5, 5.41) is 10.8. The lowest BCUT2D eigenvalue weighted by Crippen LogP contribution is -2.33. The Hall–Kier alpha value is -1.95. The number of nitro benzene ring substituents is 1. The zero-order valence-electron chi connectivity index (χ0n) is 10.3. The molecule has 1 amide bonds. The van der Waals surface area contributed by atoms with Crippen molar-refractivity contribution in [3.63, 3.8) is 0 Å². The highest BCUT2D eigenvalue weighted by molar-refractivity contribution is 6.09. The van der Waals surface area contributed by atoms with Crippen molar-refractivity contribution >= 4 is 17.3 Å². The van der Waals surface area contributed by atoms with E-state index in [9.17, 15) is 14.9 Å². The van der Waals surface area contributed by atoms with Crippen LogP contribution in [0.3, 0.4) is 0 Å². The third-order valence-corrected chi connectivity index (χ3v) is 3.75. The summed E-state index contributed by atoms with van der Waals surface area (Å²) in [6.45, 7) is 3.62. The Balaban J connectivity index is 2.23. The van der Waals surface area contributed by atoms with Gasteiger partial charge in [0.15, 0.2) is 0 Å². The quantitative estimate of drug-likeness (QED) is 0.429. The number of fused-ring (bicyclic) bond motifs is 2. The van der Waals surface area contributed by atoms with Crippen LogP contribution in [0.15, 0.2) is 18.2 Å². The van der Waals surface area contributed by atoms with E-state index in [0.717, 1.165) is 0 Å². The maximum atomic E-state index is 12.3. The summed E-state index contributed by atoms with van der Waals surface area (Å²) < 4.78 is 5.58. The number of carbonyl (C=O) groups excluding carboxylic acids is 1. The van der Waals surface area contributed by atoms with Crippen LogP contribution in [0.25, 0.3) is 0 Å². The molecule has 94 valence electrons. The van der Waals surface area contributed by atoms with Crippen molar-refractivity contribution in [3.8, 4) is 0 Å². The molecule has 1 aromatic rings. The lowest BCUT2D eigenvalue weighted by Gasteiger charge is -2.09. The Morgan fingerprint density at radius 2 is 2.00 bits per heavy atom. The molecule has 1 spiro atoms. The molecular weight excluding hydrogens is 236 g/mol. The van der Waals surface area contributed by atoms with Crippen molar-refractivity contribution in [2.24, 2.45) is 0 Å². The molecule has 0 radical (unpaired) electrons. The van der Waals surface area contributed by atoms with E-state index in [-0.39, 0.29) is 11.6 Å². The van der Waals surface area contributed by atoms with E-state index in [0.29, 0.717) is 11.3 Å². The first kappa shape index (κ1) is 11.2. The van der Waals surface area contributed by atoms with Crippen molar-refractivity contribution in [3.05, 3.63) is 33.9 Å². The van der Waals surface area contributed by atoms with Crippen molar-refractivity contribution < 1.29 is 14.5 Å². The molecule has 2 heterocycles. The Labute approximate surface area is 103 Å². The number of hydrogen-bond donors (Lipinski definition) is 0. The van der Waals surface area contributed by atoms with E-state index in [1.165, 1.54) is 17.0 Å². The first-order chi connectivity index (χ1) is 8.31. The number of anilines is 1. The first-order valence-electron chi connectivity index (χ1n) is 5.58. The van der Waals surface area contributed by atoms with Crippen LogP contribution in [0.2, 0.25) is 0 Å². The second-order valence-corrected chi connectivity index (χ2v) is 5.12. The Bertz CT molecular complexity index is 596. The van der Waals surface area contributed by atoms with Gasteiger partial charge in [-0.3, -0.25) is 14.9 Å². The van der Waals surface area contributed by atoms with Gasteiger partial charge in [0.2, 0.25) is 5.60 Å². The molecule has 1 unspecified atom stereocenters. The van der Waals surface area contributed by atoms with E-state index < -0.39 is 16.1 Å². The average Bonchev–Trinajstić information content (AvgIpc) is 2.84. The number of likely N-dealkylation sites (N-methyl/N-ethyl adjacent to an activating group) is 1. The maximum absolute atomic E-state index is 12.3. The largest absolute Gasteiger partial charge is 0.347 e. The fourth-order valence-corrected chi connectivity index (χ4v) is 2.71. The van der Waals surface area contributed by atoms with Crippen LogP contribution in [0, 0.1) is 10.1 Å². The fraction of sp³-hybridized carbons (Fsp3) is 0.417. The van der Waals surface area contributed by atoms with Gasteiger partial charge in [-0.25, -0.2) is 0 Å². The molecular formula is C12H12N2O4. The molecule has 1 saturated heterocycles. The van der Waals surface area contributed by atoms with E-state index in [1.54, 1.807) is 13.1 Å². The number of benzene rings is 1. The van der Waals surface area contributed by atoms with Crippen LogP contribution >= 0.6 is 0 Å². The van der Waals surface area contributed by atoms with Gasteiger partial charge in [0.1, 0.15) is 5.60 Å².